The second-order valence-corrected chi connectivity index (χ2v) is 3.94. The number of carbonyl (C=O) groups excluding carboxylic acids is 1. The molecule has 0 aromatic carbocycles. The molecule has 0 N–H and O–H groups in total. The van der Waals surface area contributed by atoms with E-state index >= 15 is 0 Å². The molecule has 0 aliphatic carbocycles. The third-order valence-electron chi connectivity index (χ3n) is 2.00. The summed E-state index contributed by atoms with van der Waals surface area (Å²) in [5.41, 5.74) is 1.20. The van der Waals surface area contributed by atoms with Gasteiger partial charge in [0.05, 0.1) is 6.61 Å². The third kappa shape index (κ3) is 9.26. The van der Waals surface area contributed by atoms with E-state index in [9.17, 15) is 4.79 Å². The fourth-order valence-corrected chi connectivity index (χ4v) is 1.04. The van der Waals surface area contributed by atoms with E-state index in [0.717, 1.165) is 12.8 Å². The van der Waals surface area contributed by atoms with Crippen LogP contribution in [0.15, 0.2) is 24.3 Å². The molecule has 0 radical (unpaired) electrons. The molecule has 0 spiro atoms. The minimum atomic E-state index is -0.128. The van der Waals surface area contributed by atoms with Gasteiger partial charge in [0.2, 0.25) is 0 Å². The van der Waals surface area contributed by atoms with Gasteiger partial charge in [-0.1, -0.05) is 31.6 Å². The summed E-state index contributed by atoms with van der Waals surface area (Å²) in [6.45, 7) is 10.2. The molecule has 2 heteroatoms. The van der Waals surface area contributed by atoms with E-state index < -0.39 is 0 Å². The highest BCUT2D eigenvalue weighted by Gasteiger charge is 2.01. The maximum Gasteiger partial charge on any atom is 0.305 e. The van der Waals surface area contributed by atoms with Crippen LogP contribution in [0, 0.1) is 5.92 Å². The zero-order valence-corrected chi connectivity index (χ0v) is 10.1. The van der Waals surface area contributed by atoms with Gasteiger partial charge in [0.25, 0.3) is 0 Å². The van der Waals surface area contributed by atoms with E-state index in [0.29, 0.717) is 18.9 Å². The Labute approximate surface area is 93.0 Å². The fraction of sp³-hybridized carbons (Fsp3) is 0.615. The zero-order valence-electron chi connectivity index (χ0n) is 10.1. The van der Waals surface area contributed by atoms with Crippen molar-refractivity contribution in [3.05, 3.63) is 24.3 Å². The van der Waals surface area contributed by atoms with Crippen molar-refractivity contribution in [2.24, 2.45) is 5.92 Å². The number of allylic oxidation sites excluding steroid dienone is 2. The quantitative estimate of drug-likeness (QED) is 0.475. The van der Waals surface area contributed by atoms with Gasteiger partial charge >= 0.3 is 5.97 Å². The van der Waals surface area contributed by atoms with E-state index in [1.165, 1.54) is 5.57 Å². The Morgan fingerprint density at radius 1 is 1.53 bits per heavy atom. The van der Waals surface area contributed by atoms with E-state index in [4.69, 9.17) is 4.74 Å². The monoisotopic (exact) mass is 210 g/mol. The first kappa shape index (κ1) is 13.9. The summed E-state index contributed by atoms with van der Waals surface area (Å²) in [5.74, 6) is 0.169. The van der Waals surface area contributed by atoms with Crippen LogP contribution >= 0.6 is 0 Å². The molecule has 0 fully saturated rings. The van der Waals surface area contributed by atoms with Gasteiger partial charge in [0.15, 0.2) is 0 Å². The number of hydrogen-bond acceptors (Lipinski definition) is 2. The van der Waals surface area contributed by atoms with Crippen molar-refractivity contribution in [3.63, 3.8) is 0 Å². The second kappa shape index (κ2) is 8.27. The summed E-state index contributed by atoms with van der Waals surface area (Å²) in [4.78, 5) is 10.9. The van der Waals surface area contributed by atoms with Gasteiger partial charge in [-0.25, -0.2) is 0 Å². The first-order valence-electron chi connectivity index (χ1n) is 5.53. The Balaban J connectivity index is 3.59. The lowest BCUT2D eigenvalue weighted by atomic mass is 10.1. The molecule has 2 nitrogen and oxygen atoms in total. The van der Waals surface area contributed by atoms with E-state index in [1.807, 2.05) is 13.8 Å². The van der Waals surface area contributed by atoms with Crippen LogP contribution in [-0.4, -0.2) is 12.6 Å². The average Bonchev–Trinajstić information content (AvgIpc) is 2.20. The van der Waals surface area contributed by atoms with Crippen LogP contribution in [0.5, 0.6) is 0 Å². The molecule has 0 amide bonds. The lowest BCUT2D eigenvalue weighted by Gasteiger charge is -2.06. The standard InChI is InChI=1S/C13H22O2/c1-5-13(14)15-10-12(4)9-7-6-8-11(2)3/h7,9,12H,2,5-6,8,10H2,1,3-4H3/b9-7+. The highest BCUT2D eigenvalue weighted by Crippen LogP contribution is 2.04. The van der Waals surface area contributed by atoms with Gasteiger partial charge < -0.3 is 4.74 Å². The Morgan fingerprint density at radius 2 is 2.20 bits per heavy atom. The van der Waals surface area contributed by atoms with Gasteiger partial charge in [-0.3, -0.25) is 4.79 Å². The number of hydrogen-bond donors (Lipinski definition) is 0. The first-order valence-corrected chi connectivity index (χ1v) is 5.53. The summed E-state index contributed by atoms with van der Waals surface area (Å²) in [6, 6.07) is 0. The SMILES string of the molecule is C=C(C)CC/C=C/C(C)COC(=O)CC. The first-order chi connectivity index (χ1) is 7.06. The van der Waals surface area contributed by atoms with Crippen LogP contribution in [-0.2, 0) is 9.53 Å². The largest absolute Gasteiger partial charge is 0.465 e. The molecule has 1 atom stereocenters. The van der Waals surface area contributed by atoms with Crippen LogP contribution in [0.25, 0.3) is 0 Å². The molecule has 0 bridgehead atoms. The second-order valence-electron chi connectivity index (χ2n) is 3.94. The van der Waals surface area contributed by atoms with E-state index in [1.54, 1.807) is 6.92 Å². The fourth-order valence-electron chi connectivity index (χ4n) is 1.04. The molecule has 86 valence electrons. The molecule has 0 aliphatic heterocycles. The molecule has 0 aromatic rings. The number of carbonyl (C=O) groups is 1. The summed E-state index contributed by atoms with van der Waals surface area (Å²) in [5, 5.41) is 0. The molecule has 15 heavy (non-hydrogen) atoms. The summed E-state index contributed by atoms with van der Waals surface area (Å²) in [6.07, 6.45) is 6.70. The number of rotatable bonds is 7. The van der Waals surface area contributed by atoms with Crippen LogP contribution in [0.1, 0.15) is 40.0 Å². The van der Waals surface area contributed by atoms with Crippen molar-refractivity contribution >= 4 is 5.97 Å². The van der Waals surface area contributed by atoms with E-state index in [-0.39, 0.29) is 5.97 Å². The van der Waals surface area contributed by atoms with Gasteiger partial charge in [0.1, 0.15) is 0 Å². The van der Waals surface area contributed by atoms with Crippen molar-refractivity contribution in [2.75, 3.05) is 6.61 Å². The van der Waals surface area contributed by atoms with Gasteiger partial charge in [-0.05, 0) is 19.8 Å². The summed E-state index contributed by atoms with van der Waals surface area (Å²) in [7, 11) is 0. The van der Waals surface area contributed by atoms with Crippen LogP contribution < -0.4 is 0 Å². The van der Waals surface area contributed by atoms with Crippen molar-refractivity contribution < 1.29 is 9.53 Å². The molecule has 0 saturated heterocycles. The van der Waals surface area contributed by atoms with E-state index in [2.05, 4.69) is 18.7 Å². The summed E-state index contributed by atoms with van der Waals surface area (Å²) < 4.78 is 5.02. The molecule has 0 heterocycles. The van der Waals surface area contributed by atoms with Crippen molar-refractivity contribution in [2.45, 2.75) is 40.0 Å². The molecular weight excluding hydrogens is 188 g/mol. The van der Waals surface area contributed by atoms with Gasteiger partial charge in [-0.15, -0.1) is 6.58 Å². The summed E-state index contributed by atoms with van der Waals surface area (Å²) >= 11 is 0. The van der Waals surface area contributed by atoms with Crippen LogP contribution in [0.2, 0.25) is 0 Å². The number of esters is 1. The minimum Gasteiger partial charge on any atom is -0.465 e. The Morgan fingerprint density at radius 3 is 2.73 bits per heavy atom. The molecule has 1 unspecified atom stereocenters. The highest BCUT2D eigenvalue weighted by atomic mass is 16.5. The highest BCUT2D eigenvalue weighted by molar-refractivity contribution is 5.68. The normalized spacial score (nSPS) is 12.7. The van der Waals surface area contributed by atoms with Crippen molar-refractivity contribution in [1.29, 1.82) is 0 Å². The molecule has 0 saturated carbocycles. The molecule has 0 aliphatic rings. The third-order valence-corrected chi connectivity index (χ3v) is 2.00. The zero-order chi connectivity index (χ0) is 11.7. The van der Waals surface area contributed by atoms with Crippen LogP contribution in [0.3, 0.4) is 0 Å². The maximum atomic E-state index is 10.9. The molecule has 0 rings (SSSR count). The van der Waals surface area contributed by atoms with Crippen molar-refractivity contribution in [1.82, 2.24) is 0 Å². The Kier molecular flexibility index (Phi) is 7.69. The predicted molar refractivity (Wildman–Crippen MR) is 63.6 cm³/mol. The van der Waals surface area contributed by atoms with Gasteiger partial charge in [0, 0.05) is 12.3 Å². The van der Waals surface area contributed by atoms with Gasteiger partial charge in [-0.2, -0.15) is 0 Å². The topological polar surface area (TPSA) is 26.3 Å². The maximum absolute atomic E-state index is 10.9. The molecular formula is C13H22O2. The average molecular weight is 210 g/mol. The molecule has 0 aromatic heterocycles. The Hall–Kier alpha value is -1.05. The smallest absolute Gasteiger partial charge is 0.305 e. The predicted octanol–water partition coefficient (Wildman–Crippen LogP) is 3.49. The lowest BCUT2D eigenvalue weighted by molar-refractivity contribution is -0.144. The Bertz CT molecular complexity index is 229. The number of ether oxygens (including phenoxy) is 1. The van der Waals surface area contributed by atoms with Crippen molar-refractivity contribution in [3.8, 4) is 0 Å². The minimum absolute atomic E-state index is 0.128. The lowest BCUT2D eigenvalue weighted by Crippen LogP contribution is -2.09. The van der Waals surface area contributed by atoms with Crippen LogP contribution in [0.4, 0.5) is 0 Å².